The van der Waals surface area contributed by atoms with Crippen molar-refractivity contribution in [2.45, 2.75) is 24.3 Å². The molecule has 5 heteroatoms. The summed E-state index contributed by atoms with van der Waals surface area (Å²) in [5.74, 6) is 0.932. The van der Waals surface area contributed by atoms with Gasteiger partial charge in [0.2, 0.25) is 10.0 Å². The van der Waals surface area contributed by atoms with E-state index >= 15 is 0 Å². The summed E-state index contributed by atoms with van der Waals surface area (Å²) in [7, 11) is -3.32. The molecule has 3 rings (SSSR count). The molecular weight excluding hydrogens is 314 g/mol. The SMILES string of the molecule is CC1CSc2ccccc2N1S(=O)(=O)CCc1ccccc1. The molecule has 0 amide bonds. The number of fused-ring (bicyclic) bond motifs is 1. The zero-order valence-electron chi connectivity index (χ0n) is 12.5. The fourth-order valence-electron chi connectivity index (χ4n) is 2.69. The van der Waals surface area contributed by atoms with Crippen molar-refractivity contribution in [3.8, 4) is 0 Å². The lowest BCUT2D eigenvalue weighted by atomic mass is 10.2. The maximum atomic E-state index is 12.8. The zero-order chi connectivity index (χ0) is 15.6. The summed E-state index contributed by atoms with van der Waals surface area (Å²) < 4.78 is 27.3. The first-order valence-corrected chi connectivity index (χ1v) is 9.95. The van der Waals surface area contributed by atoms with Gasteiger partial charge in [-0.15, -0.1) is 11.8 Å². The lowest BCUT2D eigenvalue weighted by Crippen LogP contribution is -2.43. The molecule has 0 spiro atoms. The lowest BCUT2D eigenvalue weighted by molar-refractivity contribution is 0.583. The van der Waals surface area contributed by atoms with Crippen LogP contribution in [0.2, 0.25) is 0 Å². The van der Waals surface area contributed by atoms with Crippen LogP contribution >= 0.6 is 11.8 Å². The minimum atomic E-state index is -3.32. The Morgan fingerprint density at radius 1 is 1.09 bits per heavy atom. The van der Waals surface area contributed by atoms with Crippen molar-refractivity contribution in [1.29, 1.82) is 0 Å². The summed E-state index contributed by atoms with van der Waals surface area (Å²) in [5, 5.41) is 0. The van der Waals surface area contributed by atoms with Crippen molar-refractivity contribution < 1.29 is 8.42 Å². The highest BCUT2D eigenvalue weighted by atomic mass is 32.2. The van der Waals surface area contributed by atoms with E-state index in [9.17, 15) is 8.42 Å². The number of nitrogens with zero attached hydrogens (tertiary/aromatic N) is 1. The molecular formula is C17H19NO2S2. The first kappa shape index (κ1) is 15.4. The van der Waals surface area contributed by atoms with E-state index < -0.39 is 10.0 Å². The van der Waals surface area contributed by atoms with Crippen LogP contribution in [0.3, 0.4) is 0 Å². The van der Waals surface area contributed by atoms with Crippen molar-refractivity contribution >= 4 is 27.5 Å². The van der Waals surface area contributed by atoms with E-state index in [1.807, 2.05) is 61.5 Å². The zero-order valence-corrected chi connectivity index (χ0v) is 14.1. The standard InChI is InChI=1S/C17H19NO2S2/c1-14-13-21-17-10-6-5-9-16(17)18(14)22(19,20)12-11-15-7-3-2-4-8-15/h2-10,14H,11-13H2,1H3. The fourth-order valence-corrected chi connectivity index (χ4v) is 5.67. The van der Waals surface area contributed by atoms with Gasteiger partial charge >= 0.3 is 0 Å². The van der Waals surface area contributed by atoms with E-state index in [1.54, 1.807) is 16.1 Å². The molecule has 0 fully saturated rings. The number of hydrogen-bond donors (Lipinski definition) is 0. The number of aryl methyl sites for hydroxylation is 1. The second-order valence-corrected chi connectivity index (χ2v) is 8.50. The summed E-state index contributed by atoms with van der Waals surface area (Å²) in [6.45, 7) is 1.98. The van der Waals surface area contributed by atoms with Gasteiger partial charge < -0.3 is 0 Å². The van der Waals surface area contributed by atoms with E-state index in [2.05, 4.69) is 0 Å². The molecule has 1 aliphatic heterocycles. The molecule has 0 saturated carbocycles. The van der Waals surface area contributed by atoms with Crippen LogP contribution in [0.4, 0.5) is 5.69 Å². The maximum absolute atomic E-state index is 12.8. The summed E-state index contributed by atoms with van der Waals surface area (Å²) in [6.07, 6.45) is 0.543. The van der Waals surface area contributed by atoms with Crippen LogP contribution in [0.5, 0.6) is 0 Å². The summed E-state index contributed by atoms with van der Waals surface area (Å²) in [6, 6.07) is 17.5. The third kappa shape index (κ3) is 3.15. The smallest absolute Gasteiger partial charge is 0.235 e. The maximum Gasteiger partial charge on any atom is 0.235 e. The molecule has 0 N–H and O–H groups in total. The summed E-state index contributed by atoms with van der Waals surface area (Å²) >= 11 is 1.73. The van der Waals surface area contributed by atoms with Gasteiger partial charge in [0.25, 0.3) is 0 Å². The van der Waals surface area contributed by atoms with E-state index in [0.717, 1.165) is 21.9 Å². The van der Waals surface area contributed by atoms with Gasteiger partial charge in [-0.25, -0.2) is 8.42 Å². The van der Waals surface area contributed by atoms with Crippen LogP contribution in [0, 0.1) is 0 Å². The molecule has 2 aromatic carbocycles. The first-order chi connectivity index (χ1) is 10.6. The predicted octanol–water partition coefficient (Wildman–Crippen LogP) is 3.56. The van der Waals surface area contributed by atoms with Crippen molar-refractivity contribution in [1.82, 2.24) is 0 Å². The van der Waals surface area contributed by atoms with Crippen LogP contribution in [0.1, 0.15) is 12.5 Å². The van der Waals surface area contributed by atoms with Gasteiger partial charge in [-0.1, -0.05) is 42.5 Å². The Morgan fingerprint density at radius 3 is 2.55 bits per heavy atom. The first-order valence-electron chi connectivity index (χ1n) is 7.36. The molecule has 22 heavy (non-hydrogen) atoms. The molecule has 1 aliphatic rings. The van der Waals surface area contributed by atoms with E-state index in [1.165, 1.54) is 0 Å². The molecule has 0 bridgehead atoms. The van der Waals surface area contributed by atoms with Gasteiger partial charge in [0.1, 0.15) is 0 Å². The van der Waals surface area contributed by atoms with Crippen LogP contribution in [0.25, 0.3) is 0 Å². The Kier molecular flexibility index (Phi) is 4.45. The number of para-hydroxylation sites is 1. The molecule has 3 nitrogen and oxygen atoms in total. The molecule has 1 heterocycles. The molecule has 1 unspecified atom stereocenters. The van der Waals surface area contributed by atoms with Crippen molar-refractivity contribution in [2.24, 2.45) is 0 Å². The number of anilines is 1. The Labute approximate surface area is 136 Å². The molecule has 0 aromatic heterocycles. The highest BCUT2D eigenvalue weighted by Crippen LogP contribution is 2.38. The molecule has 116 valence electrons. The molecule has 0 saturated heterocycles. The summed E-state index contributed by atoms with van der Waals surface area (Å²) in [5.41, 5.74) is 1.87. The van der Waals surface area contributed by atoms with Crippen LogP contribution in [-0.2, 0) is 16.4 Å². The minimum absolute atomic E-state index is 0.0133. The van der Waals surface area contributed by atoms with Crippen molar-refractivity contribution in [3.63, 3.8) is 0 Å². The predicted molar refractivity (Wildman–Crippen MR) is 93.0 cm³/mol. The second-order valence-electron chi connectivity index (χ2n) is 5.48. The van der Waals surface area contributed by atoms with Crippen LogP contribution in [0.15, 0.2) is 59.5 Å². The van der Waals surface area contributed by atoms with Gasteiger partial charge in [0.05, 0.1) is 17.5 Å². The normalized spacial score (nSPS) is 18.0. The number of benzene rings is 2. The quantitative estimate of drug-likeness (QED) is 0.858. The highest BCUT2D eigenvalue weighted by molar-refractivity contribution is 8.00. The second kappa shape index (κ2) is 6.34. The number of thioether (sulfide) groups is 1. The topological polar surface area (TPSA) is 37.4 Å². The minimum Gasteiger partial charge on any atom is -0.265 e. The third-order valence-electron chi connectivity index (χ3n) is 3.77. The van der Waals surface area contributed by atoms with Gasteiger partial charge in [-0.3, -0.25) is 4.31 Å². The number of rotatable bonds is 4. The fraction of sp³-hybridized carbons (Fsp3) is 0.294. The third-order valence-corrected chi connectivity index (χ3v) is 6.96. The van der Waals surface area contributed by atoms with Crippen molar-refractivity contribution in [2.75, 3.05) is 15.8 Å². The molecule has 0 aliphatic carbocycles. The Hall–Kier alpha value is -1.46. The highest BCUT2D eigenvalue weighted by Gasteiger charge is 2.32. The molecule has 2 aromatic rings. The van der Waals surface area contributed by atoms with Gasteiger partial charge in [-0.2, -0.15) is 0 Å². The van der Waals surface area contributed by atoms with Crippen molar-refractivity contribution in [3.05, 3.63) is 60.2 Å². The van der Waals surface area contributed by atoms with Crippen LogP contribution < -0.4 is 4.31 Å². The monoisotopic (exact) mass is 333 g/mol. The lowest BCUT2D eigenvalue weighted by Gasteiger charge is -2.35. The number of hydrogen-bond acceptors (Lipinski definition) is 3. The van der Waals surface area contributed by atoms with Gasteiger partial charge in [0, 0.05) is 10.6 Å². The van der Waals surface area contributed by atoms with E-state index in [-0.39, 0.29) is 11.8 Å². The Balaban J connectivity index is 1.85. The average molecular weight is 333 g/mol. The average Bonchev–Trinajstić information content (AvgIpc) is 2.53. The molecule has 1 atom stereocenters. The largest absolute Gasteiger partial charge is 0.265 e. The van der Waals surface area contributed by atoms with E-state index in [0.29, 0.717) is 6.42 Å². The molecule has 0 radical (unpaired) electrons. The Morgan fingerprint density at radius 2 is 1.77 bits per heavy atom. The van der Waals surface area contributed by atoms with E-state index in [4.69, 9.17) is 0 Å². The summed E-state index contributed by atoms with van der Waals surface area (Å²) in [4.78, 5) is 1.05. The van der Waals surface area contributed by atoms with Gasteiger partial charge in [0.15, 0.2) is 0 Å². The number of sulfonamides is 1. The van der Waals surface area contributed by atoms with Gasteiger partial charge in [-0.05, 0) is 31.0 Å². The Bertz CT molecular complexity index is 744. The van der Waals surface area contributed by atoms with Crippen LogP contribution in [-0.4, -0.2) is 26.0 Å².